The molecule has 2 N–H and O–H groups in total. The van der Waals surface area contributed by atoms with Crippen molar-refractivity contribution < 1.29 is 9.53 Å². The molecule has 6 nitrogen and oxygen atoms in total. The van der Waals surface area contributed by atoms with Gasteiger partial charge < -0.3 is 19.9 Å². The molecule has 1 aliphatic carbocycles. The van der Waals surface area contributed by atoms with Crippen molar-refractivity contribution in [3.63, 3.8) is 0 Å². The third-order valence-corrected chi connectivity index (χ3v) is 7.40. The Morgan fingerprint density at radius 1 is 1.30 bits per heavy atom. The molecule has 7 heteroatoms. The van der Waals surface area contributed by atoms with E-state index in [0.717, 1.165) is 55.4 Å². The highest BCUT2D eigenvalue weighted by Gasteiger charge is 2.53. The smallest absolute Gasteiger partial charge is 0.241 e. The van der Waals surface area contributed by atoms with Crippen LogP contribution in [-0.4, -0.2) is 59.3 Å². The van der Waals surface area contributed by atoms with Crippen LogP contribution >= 0.6 is 12.2 Å². The average molecular weight is 431 g/mol. The Morgan fingerprint density at radius 3 is 2.53 bits per heavy atom. The number of anilines is 1. The van der Waals surface area contributed by atoms with Crippen LogP contribution in [0.5, 0.6) is 5.75 Å². The minimum absolute atomic E-state index is 0.0512. The van der Waals surface area contributed by atoms with E-state index in [9.17, 15) is 4.79 Å². The van der Waals surface area contributed by atoms with Crippen LogP contribution < -0.4 is 15.4 Å². The molecule has 0 unspecified atom stereocenters. The summed E-state index contributed by atoms with van der Waals surface area (Å²) in [5, 5.41) is 7.87. The maximum absolute atomic E-state index is 13.3. The van der Waals surface area contributed by atoms with Crippen molar-refractivity contribution in [2.45, 2.75) is 57.7 Å². The first kappa shape index (κ1) is 21.4. The fourth-order valence-electron chi connectivity index (χ4n) is 4.62. The SMILES string of the molecule is CC[C@@H](C)[C@H]1NC2(CCN(C(=S)Nc3ccc(OC)cc3)CC2)N(CC2CC2)C1=O. The fraction of sp³-hybridized carbons (Fsp3) is 0.652. The van der Waals surface area contributed by atoms with Crippen LogP contribution in [-0.2, 0) is 4.79 Å². The van der Waals surface area contributed by atoms with E-state index in [2.05, 4.69) is 34.3 Å². The molecule has 1 spiro atoms. The predicted molar refractivity (Wildman–Crippen MR) is 124 cm³/mol. The van der Waals surface area contributed by atoms with E-state index in [0.29, 0.717) is 17.7 Å². The molecule has 2 atom stereocenters. The Kier molecular flexibility index (Phi) is 6.21. The van der Waals surface area contributed by atoms with E-state index in [4.69, 9.17) is 17.0 Å². The van der Waals surface area contributed by atoms with Crippen LogP contribution in [0.2, 0.25) is 0 Å². The lowest BCUT2D eigenvalue weighted by Crippen LogP contribution is -2.60. The maximum Gasteiger partial charge on any atom is 0.241 e. The molecule has 1 amide bonds. The molecule has 4 rings (SSSR count). The summed E-state index contributed by atoms with van der Waals surface area (Å²) in [6.07, 6.45) is 5.34. The molecule has 0 radical (unpaired) electrons. The van der Waals surface area contributed by atoms with Gasteiger partial charge in [0.05, 0.1) is 18.8 Å². The van der Waals surface area contributed by atoms with Crippen molar-refractivity contribution in [3.8, 4) is 5.75 Å². The van der Waals surface area contributed by atoms with Gasteiger partial charge in [0, 0.05) is 38.2 Å². The zero-order valence-corrected chi connectivity index (χ0v) is 19.1. The lowest BCUT2D eigenvalue weighted by Gasteiger charge is -2.45. The highest BCUT2D eigenvalue weighted by molar-refractivity contribution is 7.80. The van der Waals surface area contributed by atoms with Crippen molar-refractivity contribution in [2.24, 2.45) is 11.8 Å². The topological polar surface area (TPSA) is 56.8 Å². The lowest BCUT2D eigenvalue weighted by molar-refractivity contribution is -0.134. The Morgan fingerprint density at radius 2 is 1.97 bits per heavy atom. The number of carbonyl (C=O) groups is 1. The van der Waals surface area contributed by atoms with Gasteiger partial charge in [-0.2, -0.15) is 0 Å². The zero-order valence-electron chi connectivity index (χ0n) is 18.3. The Bertz CT molecular complexity index is 772. The van der Waals surface area contributed by atoms with Crippen LogP contribution in [0, 0.1) is 11.8 Å². The zero-order chi connectivity index (χ0) is 21.3. The molecule has 2 saturated heterocycles. The first-order valence-corrected chi connectivity index (χ1v) is 11.7. The number of hydrogen-bond donors (Lipinski definition) is 2. The second-order valence-corrected chi connectivity index (χ2v) is 9.46. The largest absolute Gasteiger partial charge is 0.497 e. The van der Waals surface area contributed by atoms with E-state index in [1.54, 1.807) is 7.11 Å². The summed E-state index contributed by atoms with van der Waals surface area (Å²) in [6, 6.07) is 7.75. The number of amides is 1. The molecular formula is C23H34N4O2S. The summed E-state index contributed by atoms with van der Waals surface area (Å²) in [6.45, 7) is 6.95. The monoisotopic (exact) mass is 430 g/mol. The van der Waals surface area contributed by atoms with Crippen molar-refractivity contribution in [3.05, 3.63) is 24.3 Å². The summed E-state index contributed by atoms with van der Waals surface area (Å²) < 4.78 is 5.22. The number of likely N-dealkylation sites (tertiary alicyclic amines) is 1. The third-order valence-electron chi connectivity index (χ3n) is 7.04. The molecule has 3 fully saturated rings. The van der Waals surface area contributed by atoms with E-state index >= 15 is 0 Å². The number of hydrogen-bond acceptors (Lipinski definition) is 4. The molecule has 0 bridgehead atoms. The van der Waals surface area contributed by atoms with E-state index < -0.39 is 0 Å². The molecular weight excluding hydrogens is 396 g/mol. The first-order valence-electron chi connectivity index (χ1n) is 11.2. The molecule has 0 aromatic heterocycles. The normalized spacial score (nSPS) is 24.2. The summed E-state index contributed by atoms with van der Waals surface area (Å²) in [7, 11) is 1.66. The first-order chi connectivity index (χ1) is 14.5. The summed E-state index contributed by atoms with van der Waals surface area (Å²) >= 11 is 5.68. The Hall–Kier alpha value is -1.86. The number of carbonyl (C=O) groups excluding carboxylic acids is 1. The minimum atomic E-state index is -0.208. The van der Waals surface area contributed by atoms with Crippen LogP contribution in [0.15, 0.2) is 24.3 Å². The van der Waals surface area contributed by atoms with Crippen molar-refractivity contribution in [1.82, 2.24) is 15.1 Å². The quantitative estimate of drug-likeness (QED) is 0.675. The molecule has 164 valence electrons. The molecule has 1 aromatic rings. The van der Waals surface area contributed by atoms with Crippen molar-refractivity contribution in [2.75, 3.05) is 32.1 Å². The van der Waals surface area contributed by atoms with E-state index in [-0.39, 0.29) is 11.7 Å². The van der Waals surface area contributed by atoms with Crippen molar-refractivity contribution in [1.29, 1.82) is 0 Å². The number of nitrogens with zero attached hydrogens (tertiary/aromatic N) is 2. The summed E-state index contributed by atoms with van der Waals surface area (Å²) in [4.78, 5) is 17.7. The van der Waals surface area contributed by atoms with Gasteiger partial charge in [-0.3, -0.25) is 10.1 Å². The molecule has 2 heterocycles. The number of piperidine rings is 1. The van der Waals surface area contributed by atoms with Gasteiger partial charge in [0.15, 0.2) is 5.11 Å². The lowest BCUT2D eigenvalue weighted by atomic mass is 9.95. The van der Waals surface area contributed by atoms with E-state index in [1.165, 1.54) is 12.8 Å². The highest BCUT2D eigenvalue weighted by Crippen LogP contribution is 2.39. The number of benzene rings is 1. The average Bonchev–Trinajstić information content (AvgIpc) is 3.56. The van der Waals surface area contributed by atoms with Gasteiger partial charge in [0.1, 0.15) is 5.75 Å². The van der Waals surface area contributed by atoms with Gasteiger partial charge in [-0.1, -0.05) is 20.3 Å². The molecule has 30 heavy (non-hydrogen) atoms. The fourth-order valence-corrected chi connectivity index (χ4v) is 4.92. The van der Waals surface area contributed by atoms with Gasteiger partial charge in [-0.05, 0) is 61.2 Å². The predicted octanol–water partition coefficient (Wildman–Crippen LogP) is 3.44. The number of methoxy groups -OCH3 is 1. The van der Waals surface area contributed by atoms with Crippen molar-refractivity contribution >= 4 is 28.9 Å². The second-order valence-electron chi connectivity index (χ2n) is 9.08. The third kappa shape index (κ3) is 4.28. The van der Waals surface area contributed by atoms with Gasteiger partial charge in [-0.25, -0.2) is 0 Å². The number of thiocarbonyl (C=S) groups is 1. The van der Waals surface area contributed by atoms with Crippen LogP contribution in [0.3, 0.4) is 0 Å². The minimum Gasteiger partial charge on any atom is -0.497 e. The number of rotatable bonds is 6. The van der Waals surface area contributed by atoms with Gasteiger partial charge in [-0.15, -0.1) is 0 Å². The van der Waals surface area contributed by atoms with Crippen LogP contribution in [0.4, 0.5) is 5.69 Å². The van der Waals surface area contributed by atoms with Crippen LogP contribution in [0.1, 0.15) is 46.0 Å². The van der Waals surface area contributed by atoms with Gasteiger partial charge >= 0.3 is 0 Å². The molecule has 1 saturated carbocycles. The maximum atomic E-state index is 13.3. The summed E-state index contributed by atoms with van der Waals surface area (Å²) in [5.74, 6) is 2.19. The standard InChI is InChI=1S/C23H34N4O2S/c1-4-16(2)20-21(28)27(15-17-5-6-17)23(25-20)11-13-26(14-12-23)22(30)24-18-7-9-19(29-3)10-8-18/h7-10,16-17,20,25H,4-6,11-15H2,1-3H3,(H,24,30)/t16-,20-/m1/s1. The van der Waals surface area contributed by atoms with E-state index in [1.807, 2.05) is 24.3 Å². The molecule has 2 aliphatic heterocycles. The van der Waals surface area contributed by atoms with Gasteiger partial charge in [0.2, 0.25) is 5.91 Å². The molecule has 3 aliphatic rings. The highest BCUT2D eigenvalue weighted by atomic mass is 32.1. The summed E-state index contributed by atoms with van der Waals surface area (Å²) in [5.41, 5.74) is 0.752. The Balaban J connectivity index is 1.40. The number of ether oxygens (including phenoxy) is 1. The van der Waals surface area contributed by atoms with Gasteiger partial charge in [0.25, 0.3) is 0 Å². The number of nitrogens with one attached hydrogen (secondary N) is 2. The second kappa shape index (κ2) is 8.71. The van der Waals surface area contributed by atoms with Crippen LogP contribution in [0.25, 0.3) is 0 Å². The molecule has 1 aromatic carbocycles. The Labute approximate surface area is 185 Å².